The van der Waals surface area contributed by atoms with E-state index in [0.29, 0.717) is 13.2 Å². The lowest BCUT2D eigenvalue weighted by Gasteiger charge is -2.11. The van der Waals surface area contributed by atoms with Gasteiger partial charge < -0.3 is 9.47 Å². The van der Waals surface area contributed by atoms with E-state index in [0.717, 1.165) is 0 Å². The maximum absolute atomic E-state index is 11.0. The molecule has 12 heavy (non-hydrogen) atoms. The summed E-state index contributed by atoms with van der Waals surface area (Å²) in [5.41, 5.74) is 0. The number of carbonyl (C=O) groups is 1. The molecule has 0 aliphatic heterocycles. The van der Waals surface area contributed by atoms with Crippen LogP contribution in [0.4, 0.5) is 0 Å². The maximum atomic E-state index is 11.0. The number of hydrogen-bond donors (Lipinski definition) is 1. The smallest absolute Gasteiger partial charge is 0.318 e. The minimum absolute atomic E-state index is 0.0315. The average molecular weight is 173 g/mol. The van der Waals surface area contributed by atoms with Gasteiger partial charge in [0.1, 0.15) is 5.92 Å². The standard InChI is InChI=1S/C8H15NO3/c1-4-11-7(9)6(3)8(10)12-5-2/h6,9H,4-5H2,1-3H3. The predicted molar refractivity (Wildman–Crippen MR) is 45.1 cm³/mol. The largest absolute Gasteiger partial charge is 0.481 e. The summed E-state index contributed by atoms with van der Waals surface area (Å²) in [7, 11) is 0. The van der Waals surface area contributed by atoms with E-state index in [1.807, 2.05) is 0 Å². The van der Waals surface area contributed by atoms with Crippen molar-refractivity contribution in [2.75, 3.05) is 13.2 Å². The summed E-state index contributed by atoms with van der Waals surface area (Å²) < 4.78 is 9.56. The number of ether oxygens (including phenoxy) is 2. The Morgan fingerprint density at radius 1 is 1.33 bits per heavy atom. The van der Waals surface area contributed by atoms with E-state index >= 15 is 0 Å². The lowest BCUT2D eigenvalue weighted by atomic mass is 10.2. The molecular formula is C8H15NO3. The molecule has 0 spiro atoms. The second-order valence-corrected chi connectivity index (χ2v) is 2.27. The highest BCUT2D eigenvalue weighted by Gasteiger charge is 2.19. The van der Waals surface area contributed by atoms with Crippen LogP contribution in [-0.2, 0) is 14.3 Å². The highest BCUT2D eigenvalue weighted by Crippen LogP contribution is 2.01. The fraction of sp³-hybridized carbons (Fsp3) is 0.750. The van der Waals surface area contributed by atoms with Gasteiger partial charge in [0.2, 0.25) is 0 Å². The third-order valence-corrected chi connectivity index (χ3v) is 1.33. The Morgan fingerprint density at radius 3 is 2.25 bits per heavy atom. The Balaban J connectivity index is 3.91. The van der Waals surface area contributed by atoms with Gasteiger partial charge in [0.15, 0.2) is 5.90 Å². The topological polar surface area (TPSA) is 59.4 Å². The van der Waals surface area contributed by atoms with Gasteiger partial charge in [0.25, 0.3) is 0 Å². The zero-order valence-corrected chi connectivity index (χ0v) is 7.72. The first-order chi connectivity index (χ1) is 5.63. The highest BCUT2D eigenvalue weighted by atomic mass is 16.5. The van der Waals surface area contributed by atoms with Crippen molar-refractivity contribution in [2.45, 2.75) is 20.8 Å². The molecule has 4 heteroatoms. The van der Waals surface area contributed by atoms with Gasteiger partial charge in [-0.05, 0) is 20.8 Å². The second kappa shape index (κ2) is 5.57. The quantitative estimate of drug-likeness (QED) is 0.395. The van der Waals surface area contributed by atoms with E-state index in [2.05, 4.69) is 0 Å². The molecule has 0 aliphatic carbocycles. The number of rotatable bonds is 4. The predicted octanol–water partition coefficient (Wildman–Crippen LogP) is 1.20. The molecular weight excluding hydrogens is 158 g/mol. The van der Waals surface area contributed by atoms with Gasteiger partial charge in [-0.3, -0.25) is 10.2 Å². The molecule has 4 nitrogen and oxygen atoms in total. The molecule has 0 rings (SSSR count). The Morgan fingerprint density at radius 2 is 1.83 bits per heavy atom. The van der Waals surface area contributed by atoms with Gasteiger partial charge >= 0.3 is 5.97 Å². The number of nitrogens with one attached hydrogen (secondary N) is 1. The monoisotopic (exact) mass is 173 g/mol. The summed E-state index contributed by atoms with van der Waals surface area (Å²) in [6.45, 7) is 5.84. The van der Waals surface area contributed by atoms with E-state index in [1.165, 1.54) is 0 Å². The van der Waals surface area contributed by atoms with Gasteiger partial charge in [0.05, 0.1) is 13.2 Å². The summed E-state index contributed by atoms with van der Waals surface area (Å²) in [6.07, 6.45) is 0. The summed E-state index contributed by atoms with van der Waals surface area (Å²) in [4.78, 5) is 11.0. The van der Waals surface area contributed by atoms with Crippen molar-refractivity contribution >= 4 is 11.9 Å². The zero-order valence-electron chi connectivity index (χ0n) is 7.72. The van der Waals surface area contributed by atoms with E-state index in [9.17, 15) is 4.79 Å². The van der Waals surface area contributed by atoms with Crippen molar-refractivity contribution in [3.8, 4) is 0 Å². The number of carbonyl (C=O) groups excluding carboxylic acids is 1. The first-order valence-electron chi connectivity index (χ1n) is 4.01. The molecule has 0 fully saturated rings. The molecule has 0 saturated heterocycles. The first kappa shape index (κ1) is 10.9. The van der Waals surface area contributed by atoms with Crippen molar-refractivity contribution in [3.63, 3.8) is 0 Å². The van der Waals surface area contributed by atoms with Gasteiger partial charge in [-0.2, -0.15) is 0 Å². The Labute approximate surface area is 72.4 Å². The molecule has 0 radical (unpaired) electrons. The number of esters is 1. The lowest BCUT2D eigenvalue weighted by Crippen LogP contribution is -2.24. The van der Waals surface area contributed by atoms with Crippen LogP contribution < -0.4 is 0 Å². The molecule has 70 valence electrons. The maximum Gasteiger partial charge on any atom is 0.318 e. The molecule has 0 aromatic heterocycles. The minimum Gasteiger partial charge on any atom is -0.481 e. The van der Waals surface area contributed by atoms with Crippen molar-refractivity contribution in [1.29, 1.82) is 5.41 Å². The van der Waals surface area contributed by atoms with Gasteiger partial charge in [-0.1, -0.05) is 0 Å². The summed E-state index contributed by atoms with van der Waals surface area (Å²) in [6, 6.07) is 0. The van der Waals surface area contributed by atoms with Crippen LogP contribution in [0.1, 0.15) is 20.8 Å². The van der Waals surface area contributed by atoms with Crippen LogP contribution in [0.5, 0.6) is 0 Å². The summed E-state index contributed by atoms with van der Waals surface area (Å²) in [5.74, 6) is -1.03. The third-order valence-electron chi connectivity index (χ3n) is 1.33. The molecule has 1 unspecified atom stereocenters. The van der Waals surface area contributed by atoms with Crippen molar-refractivity contribution < 1.29 is 14.3 Å². The fourth-order valence-corrected chi connectivity index (χ4v) is 0.655. The molecule has 0 amide bonds. The van der Waals surface area contributed by atoms with Crippen LogP contribution in [0.25, 0.3) is 0 Å². The SMILES string of the molecule is CCOC(=N)C(C)C(=O)OCC. The van der Waals surface area contributed by atoms with E-state index in [1.54, 1.807) is 20.8 Å². The van der Waals surface area contributed by atoms with Crippen LogP contribution in [-0.4, -0.2) is 25.1 Å². The van der Waals surface area contributed by atoms with Crippen molar-refractivity contribution in [3.05, 3.63) is 0 Å². The fourth-order valence-electron chi connectivity index (χ4n) is 0.655. The average Bonchev–Trinajstić information content (AvgIpc) is 2.04. The van der Waals surface area contributed by atoms with Crippen molar-refractivity contribution in [2.24, 2.45) is 5.92 Å². The molecule has 0 saturated carbocycles. The van der Waals surface area contributed by atoms with Crippen LogP contribution in [0.3, 0.4) is 0 Å². The Kier molecular flexibility index (Phi) is 5.08. The van der Waals surface area contributed by atoms with Crippen LogP contribution in [0.2, 0.25) is 0 Å². The van der Waals surface area contributed by atoms with Gasteiger partial charge in [-0.15, -0.1) is 0 Å². The summed E-state index contributed by atoms with van der Waals surface area (Å²) >= 11 is 0. The lowest BCUT2D eigenvalue weighted by molar-refractivity contribution is -0.145. The van der Waals surface area contributed by atoms with E-state index in [4.69, 9.17) is 14.9 Å². The minimum atomic E-state index is -0.593. The molecule has 0 aromatic rings. The zero-order chi connectivity index (χ0) is 9.56. The van der Waals surface area contributed by atoms with Gasteiger partial charge in [-0.25, -0.2) is 0 Å². The van der Waals surface area contributed by atoms with Gasteiger partial charge in [0, 0.05) is 0 Å². The highest BCUT2D eigenvalue weighted by molar-refractivity contribution is 5.95. The molecule has 0 aromatic carbocycles. The second-order valence-electron chi connectivity index (χ2n) is 2.27. The first-order valence-corrected chi connectivity index (χ1v) is 4.01. The molecule has 0 aliphatic rings. The van der Waals surface area contributed by atoms with E-state index in [-0.39, 0.29) is 5.90 Å². The summed E-state index contributed by atoms with van der Waals surface area (Å²) in [5, 5.41) is 7.28. The molecule has 1 atom stereocenters. The van der Waals surface area contributed by atoms with Crippen LogP contribution >= 0.6 is 0 Å². The van der Waals surface area contributed by atoms with E-state index < -0.39 is 11.9 Å². The normalized spacial score (nSPS) is 11.9. The number of hydrogen-bond acceptors (Lipinski definition) is 4. The third kappa shape index (κ3) is 3.37. The molecule has 1 N–H and O–H groups in total. The molecule has 0 heterocycles. The van der Waals surface area contributed by atoms with Crippen molar-refractivity contribution in [1.82, 2.24) is 0 Å². The molecule has 0 bridgehead atoms. The van der Waals surface area contributed by atoms with Crippen LogP contribution in [0.15, 0.2) is 0 Å². The Hall–Kier alpha value is -1.06. The Bertz CT molecular complexity index is 150. The van der Waals surface area contributed by atoms with Crippen LogP contribution in [0, 0.1) is 11.3 Å².